The Labute approximate surface area is 171 Å². The van der Waals surface area contributed by atoms with Gasteiger partial charge in [0.2, 0.25) is 0 Å². The van der Waals surface area contributed by atoms with Gasteiger partial charge in [0.25, 0.3) is 0 Å². The van der Waals surface area contributed by atoms with E-state index >= 15 is 0 Å². The van der Waals surface area contributed by atoms with E-state index in [1.165, 1.54) is 18.2 Å². The zero-order valence-electron chi connectivity index (χ0n) is 18.1. The number of guanidine groups is 1. The van der Waals surface area contributed by atoms with Crippen molar-refractivity contribution < 1.29 is 18.3 Å². The third-order valence-electron chi connectivity index (χ3n) is 3.96. The van der Waals surface area contributed by atoms with E-state index in [2.05, 4.69) is 20.9 Å². The Morgan fingerprint density at radius 1 is 1.14 bits per heavy atom. The number of hydrogen-bond acceptors (Lipinski definition) is 4. The lowest BCUT2D eigenvalue weighted by molar-refractivity contribution is 0.0527. The topological polar surface area (TPSA) is 78.0 Å². The van der Waals surface area contributed by atoms with Crippen LogP contribution in [0.5, 0.6) is 0 Å². The first kappa shape index (κ1) is 24.6. The van der Waals surface area contributed by atoms with Crippen LogP contribution < -0.4 is 16.0 Å². The molecule has 1 rings (SSSR count). The average molecular weight is 414 g/mol. The molecule has 3 N–H and O–H groups in total. The molecule has 0 aliphatic carbocycles. The van der Waals surface area contributed by atoms with Gasteiger partial charge in [-0.3, -0.25) is 4.99 Å². The van der Waals surface area contributed by atoms with Gasteiger partial charge in [0.05, 0.1) is 6.04 Å². The molecular weight excluding hydrogens is 380 g/mol. The molecule has 1 aromatic rings. The number of hydrogen-bond donors (Lipinski definition) is 3. The number of alkyl carbamates (subject to hydrolysis) is 1. The summed E-state index contributed by atoms with van der Waals surface area (Å²) in [6, 6.07) is 3.34. The van der Waals surface area contributed by atoms with E-state index in [0.717, 1.165) is 0 Å². The Kier molecular flexibility index (Phi) is 9.80. The summed E-state index contributed by atoms with van der Waals surface area (Å²) in [6.45, 7) is 6.67. The number of halogens is 2. The van der Waals surface area contributed by atoms with Crippen molar-refractivity contribution in [3.63, 3.8) is 0 Å². The number of benzene rings is 1. The molecular formula is C20H33F2N5O2. The molecule has 0 spiro atoms. The molecule has 1 unspecified atom stereocenters. The fourth-order valence-corrected chi connectivity index (χ4v) is 2.59. The fourth-order valence-electron chi connectivity index (χ4n) is 2.59. The van der Waals surface area contributed by atoms with Gasteiger partial charge in [0.15, 0.2) is 5.96 Å². The molecule has 0 radical (unpaired) electrons. The molecule has 1 amide bonds. The van der Waals surface area contributed by atoms with Gasteiger partial charge in [0, 0.05) is 32.2 Å². The maximum absolute atomic E-state index is 14.1. The van der Waals surface area contributed by atoms with Crippen molar-refractivity contribution in [3.8, 4) is 0 Å². The summed E-state index contributed by atoms with van der Waals surface area (Å²) in [5, 5.41) is 8.87. The largest absolute Gasteiger partial charge is 0.444 e. The van der Waals surface area contributed by atoms with Crippen LogP contribution in [0.4, 0.5) is 13.6 Å². The Bertz CT molecular complexity index is 670. The summed E-state index contributed by atoms with van der Waals surface area (Å²) in [7, 11) is 5.14. The Hall–Kier alpha value is -2.42. The molecule has 164 valence electrons. The highest BCUT2D eigenvalue weighted by atomic mass is 19.1. The number of ether oxygens (including phenoxy) is 1. The first-order chi connectivity index (χ1) is 13.5. The minimum atomic E-state index is -0.582. The van der Waals surface area contributed by atoms with Crippen LogP contribution in [0, 0.1) is 11.6 Å². The van der Waals surface area contributed by atoms with Crippen molar-refractivity contribution >= 4 is 12.1 Å². The van der Waals surface area contributed by atoms with E-state index < -0.39 is 29.4 Å². The smallest absolute Gasteiger partial charge is 0.407 e. The molecule has 0 heterocycles. The fraction of sp³-hybridized carbons (Fsp3) is 0.600. The Morgan fingerprint density at radius 3 is 2.24 bits per heavy atom. The average Bonchev–Trinajstić information content (AvgIpc) is 2.60. The summed E-state index contributed by atoms with van der Waals surface area (Å²) in [5.74, 6) is -0.658. The van der Waals surface area contributed by atoms with Crippen LogP contribution in [0.15, 0.2) is 23.2 Å². The van der Waals surface area contributed by atoms with Crippen LogP contribution in [0.2, 0.25) is 0 Å². The van der Waals surface area contributed by atoms with Crippen LogP contribution in [0.1, 0.15) is 38.8 Å². The number of carbonyl (C=O) groups excluding carboxylic acids is 1. The van der Waals surface area contributed by atoms with Crippen molar-refractivity contribution in [1.82, 2.24) is 20.9 Å². The monoisotopic (exact) mass is 413 g/mol. The quantitative estimate of drug-likeness (QED) is 0.347. The summed E-state index contributed by atoms with van der Waals surface area (Å²) in [5.41, 5.74) is -0.517. The molecule has 0 bridgehead atoms. The highest BCUT2D eigenvalue weighted by Crippen LogP contribution is 2.23. The first-order valence-corrected chi connectivity index (χ1v) is 9.57. The maximum atomic E-state index is 14.1. The summed E-state index contributed by atoms with van der Waals surface area (Å²) < 4.78 is 33.4. The minimum Gasteiger partial charge on any atom is -0.444 e. The lowest BCUT2D eigenvalue weighted by atomic mass is 10.0. The number of likely N-dealkylation sites (N-methyl/N-ethyl adjacent to an activating group) is 1. The van der Waals surface area contributed by atoms with E-state index in [1.807, 2.05) is 0 Å². The van der Waals surface area contributed by atoms with E-state index in [9.17, 15) is 13.6 Å². The lowest BCUT2D eigenvalue weighted by Crippen LogP contribution is -2.43. The molecule has 0 fully saturated rings. The summed E-state index contributed by atoms with van der Waals surface area (Å²) in [4.78, 5) is 17.4. The third kappa shape index (κ3) is 9.08. The zero-order chi connectivity index (χ0) is 22.0. The van der Waals surface area contributed by atoms with Gasteiger partial charge in [-0.15, -0.1) is 0 Å². The van der Waals surface area contributed by atoms with Gasteiger partial charge in [-0.2, -0.15) is 0 Å². The molecule has 0 aliphatic heterocycles. The van der Waals surface area contributed by atoms with Gasteiger partial charge in [0.1, 0.15) is 17.2 Å². The maximum Gasteiger partial charge on any atom is 0.407 e. The number of nitrogens with one attached hydrogen (secondary N) is 3. The molecule has 1 aromatic carbocycles. The number of nitrogens with zero attached hydrogens (tertiary/aromatic N) is 2. The van der Waals surface area contributed by atoms with Crippen LogP contribution in [-0.4, -0.2) is 63.3 Å². The second-order valence-corrected chi connectivity index (χ2v) is 7.78. The third-order valence-corrected chi connectivity index (χ3v) is 3.96. The van der Waals surface area contributed by atoms with E-state index in [1.54, 1.807) is 46.8 Å². The van der Waals surface area contributed by atoms with Crippen LogP contribution in [0.3, 0.4) is 0 Å². The molecule has 7 nitrogen and oxygen atoms in total. The van der Waals surface area contributed by atoms with Gasteiger partial charge in [-0.05, 0) is 53.4 Å². The highest BCUT2D eigenvalue weighted by Gasteiger charge is 2.22. The van der Waals surface area contributed by atoms with Gasteiger partial charge in [-0.25, -0.2) is 13.6 Å². The number of carbonyl (C=O) groups is 1. The van der Waals surface area contributed by atoms with Crippen LogP contribution in [0.25, 0.3) is 0 Å². The normalized spacial score (nSPS) is 13.2. The second-order valence-electron chi connectivity index (χ2n) is 7.78. The molecule has 0 saturated heterocycles. The van der Waals surface area contributed by atoms with E-state index in [4.69, 9.17) is 4.74 Å². The Balaban J connectivity index is 2.47. The molecule has 9 heteroatoms. The molecule has 0 saturated carbocycles. The van der Waals surface area contributed by atoms with Crippen molar-refractivity contribution in [1.29, 1.82) is 0 Å². The summed E-state index contributed by atoms with van der Waals surface area (Å²) in [6.07, 6.45) is 0.194. The standard InChI is InChI=1S/C20H33F2N5O2/c1-20(2,3)29-19(28)25-12-8-11-24-18(23-4)26-13-16(27(5)6)17-14(21)9-7-10-15(17)22/h7,9-10,16H,8,11-13H2,1-6H3,(H,25,28)(H2,23,24,26). The summed E-state index contributed by atoms with van der Waals surface area (Å²) >= 11 is 0. The number of aliphatic imine (C=N–C) groups is 1. The molecule has 0 aliphatic rings. The predicted molar refractivity (Wildman–Crippen MR) is 111 cm³/mol. The van der Waals surface area contributed by atoms with E-state index in [0.29, 0.717) is 25.5 Å². The minimum absolute atomic E-state index is 0.0158. The zero-order valence-corrected chi connectivity index (χ0v) is 18.1. The Morgan fingerprint density at radius 2 is 1.72 bits per heavy atom. The van der Waals surface area contributed by atoms with Gasteiger partial charge in [-0.1, -0.05) is 6.07 Å². The lowest BCUT2D eigenvalue weighted by Gasteiger charge is -2.26. The van der Waals surface area contributed by atoms with Crippen molar-refractivity contribution in [2.45, 2.75) is 38.8 Å². The van der Waals surface area contributed by atoms with Crippen molar-refractivity contribution in [3.05, 3.63) is 35.4 Å². The van der Waals surface area contributed by atoms with E-state index in [-0.39, 0.29) is 12.1 Å². The van der Waals surface area contributed by atoms with Crippen LogP contribution >= 0.6 is 0 Å². The van der Waals surface area contributed by atoms with Crippen molar-refractivity contribution in [2.75, 3.05) is 40.8 Å². The molecule has 29 heavy (non-hydrogen) atoms. The second kappa shape index (κ2) is 11.5. The number of rotatable bonds is 8. The highest BCUT2D eigenvalue weighted by molar-refractivity contribution is 5.79. The molecule has 1 atom stereocenters. The molecule has 0 aromatic heterocycles. The van der Waals surface area contributed by atoms with Crippen molar-refractivity contribution in [2.24, 2.45) is 4.99 Å². The SMILES string of the molecule is CN=C(NCCCNC(=O)OC(C)(C)C)NCC(c1c(F)cccc1F)N(C)C. The predicted octanol–water partition coefficient (Wildman–Crippen LogP) is 2.65. The van der Waals surface area contributed by atoms with Gasteiger partial charge >= 0.3 is 6.09 Å². The van der Waals surface area contributed by atoms with Gasteiger partial charge < -0.3 is 25.6 Å². The number of amides is 1. The first-order valence-electron chi connectivity index (χ1n) is 9.57. The van der Waals surface area contributed by atoms with Crippen LogP contribution in [-0.2, 0) is 4.74 Å².